The van der Waals surface area contributed by atoms with Crippen molar-refractivity contribution in [2.24, 2.45) is 5.41 Å². The molecular weight excluding hydrogens is 364 g/mol. The molecule has 22 heavy (non-hydrogen) atoms. The first-order valence-corrected chi connectivity index (χ1v) is 10.5. The van der Waals surface area contributed by atoms with Gasteiger partial charge in [-0.05, 0) is 55.2 Å². The second-order valence-electron chi connectivity index (χ2n) is 6.61. The van der Waals surface area contributed by atoms with Crippen molar-refractivity contribution in [2.45, 2.75) is 57.8 Å². The van der Waals surface area contributed by atoms with Crippen molar-refractivity contribution < 1.29 is 13.0 Å². The molecule has 1 aliphatic rings. The molecule has 1 aromatic rings. The summed E-state index contributed by atoms with van der Waals surface area (Å²) < 4.78 is 31.6. The zero-order valence-electron chi connectivity index (χ0n) is 12.9. The van der Waals surface area contributed by atoms with Gasteiger partial charge in [0.15, 0.2) is 0 Å². The second-order valence-corrected chi connectivity index (χ2v) is 9.09. The van der Waals surface area contributed by atoms with Crippen LogP contribution in [0.2, 0.25) is 0 Å². The number of benzene rings is 1. The molecule has 1 aromatic carbocycles. The number of halogens is 1. The van der Waals surface area contributed by atoms with Gasteiger partial charge in [0, 0.05) is 4.47 Å². The molecule has 0 bridgehead atoms. The molecule has 0 heterocycles. The van der Waals surface area contributed by atoms with E-state index >= 15 is 0 Å². The molecule has 0 spiro atoms. The fourth-order valence-corrected chi connectivity index (χ4v) is 4.47. The predicted octanol–water partition coefficient (Wildman–Crippen LogP) is 5.00. The molecule has 0 saturated heterocycles. The van der Waals surface area contributed by atoms with Crippen LogP contribution in [0.5, 0.6) is 0 Å². The highest BCUT2D eigenvalue weighted by atomic mass is 79.9. The molecule has 3 nitrogen and oxygen atoms in total. The molecule has 1 N–H and O–H groups in total. The van der Waals surface area contributed by atoms with Crippen molar-refractivity contribution in [2.75, 3.05) is 5.75 Å². The Balaban J connectivity index is 1.96. The summed E-state index contributed by atoms with van der Waals surface area (Å²) >= 11 is 3.47. The number of rotatable bonds is 7. The molecule has 0 aliphatic heterocycles. The van der Waals surface area contributed by atoms with E-state index in [2.05, 4.69) is 40.2 Å². The maximum Gasteiger partial charge on any atom is 0.264 e. The summed E-state index contributed by atoms with van der Waals surface area (Å²) in [5.41, 5.74) is 1.67. The van der Waals surface area contributed by atoms with Gasteiger partial charge < -0.3 is 0 Å². The lowest BCUT2D eigenvalue weighted by molar-refractivity contribution is 0.166. The monoisotopic (exact) mass is 388 g/mol. The molecule has 0 aromatic heterocycles. The van der Waals surface area contributed by atoms with Gasteiger partial charge in [-0.1, -0.05) is 53.7 Å². The second kappa shape index (κ2) is 7.93. The summed E-state index contributed by atoms with van der Waals surface area (Å²) in [7, 11) is -3.82. The van der Waals surface area contributed by atoms with Gasteiger partial charge in [-0.25, -0.2) is 0 Å². The Morgan fingerprint density at radius 2 is 1.68 bits per heavy atom. The summed E-state index contributed by atoms with van der Waals surface area (Å²) in [4.78, 5) is 0. The van der Waals surface area contributed by atoms with Gasteiger partial charge in [0.1, 0.15) is 0 Å². The van der Waals surface area contributed by atoms with Crippen LogP contribution in [-0.4, -0.2) is 18.7 Å². The van der Waals surface area contributed by atoms with Crippen molar-refractivity contribution >= 4 is 26.0 Å². The molecule has 1 fully saturated rings. The van der Waals surface area contributed by atoms with E-state index in [0.29, 0.717) is 11.8 Å². The minimum absolute atomic E-state index is 0.110. The van der Waals surface area contributed by atoms with Crippen LogP contribution in [0.1, 0.15) is 56.9 Å². The zero-order valence-corrected chi connectivity index (χ0v) is 15.3. The maximum absolute atomic E-state index is 10.8. The quantitative estimate of drug-likeness (QED) is 0.527. The average Bonchev–Trinajstić information content (AvgIpc) is 2.46. The van der Waals surface area contributed by atoms with Gasteiger partial charge >= 0.3 is 0 Å². The van der Waals surface area contributed by atoms with Gasteiger partial charge in [0.2, 0.25) is 0 Å². The molecule has 0 atom stereocenters. The van der Waals surface area contributed by atoms with Crippen LogP contribution in [0.3, 0.4) is 0 Å². The van der Waals surface area contributed by atoms with E-state index in [1.54, 1.807) is 0 Å². The third-order valence-electron chi connectivity index (χ3n) is 4.77. The summed E-state index contributed by atoms with van der Waals surface area (Å²) in [6.45, 7) is 0. The lowest BCUT2D eigenvalue weighted by Gasteiger charge is -2.38. The van der Waals surface area contributed by atoms with Crippen molar-refractivity contribution in [1.29, 1.82) is 0 Å². The molecule has 124 valence electrons. The van der Waals surface area contributed by atoms with E-state index in [-0.39, 0.29) is 5.75 Å². The molecule has 1 saturated carbocycles. The Morgan fingerprint density at radius 1 is 1.05 bits per heavy atom. The first-order chi connectivity index (χ1) is 10.4. The highest BCUT2D eigenvalue weighted by Gasteiger charge is 2.31. The van der Waals surface area contributed by atoms with E-state index in [9.17, 15) is 8.42 Å². The van der Waals surface area contributed by atoms with Gasteiger partial charge in [0.05, 0.1) is 5.75 Å². The van der Waals surface area contributed by atoms with Crippen molar-refractivity contribution in [3.05, 3.63) is 34.3 Å². The Hall–Kier alpha value is -0.390. The van der Waals surface area contributed by atoms with Crippen molar-refractivity contribution in [1.82, 2.24) is 0 Å². The van der Waals surface area contributed by atoms with E-state index in [0.717, 1.165) is 23.7 Å². The number of hydrogen-bond donors (Lipinski definition) is 1. The predicted molar refractivity (Wildman–Crippen MR) is 93.6 cm³/mol. The standard InChI is InChI=1S/C17H25BrO3S/c18-16-8-6-15(7-9-16)14-17(10-2-1-3-11-17)12-4-5-13-22(19,20)21/h6-9H,1-5,10-14H2,(H,19,20,21). The van der Waals surface area contributed by atoms with E-state index in [4.69, 9.17) is 4.55 Å². The molecule has 2 rings (SSSR count). The molecular formula is C17H25BrO3S. The van der Waals surface area contributed by atoms with Gasteiger partial charge in [-0.15, -0.1) is 0 Å². The smallest absolute Gasteiger partial charge is 0.264 e. The molecule has 1 aliphatic carbocycles. The van der Waals surface area contributed by atoms with Crippen LogP contribution in [-0.2, 0) is 16.5 Å². The SMILES string of the molecule is O=S(=O)(O)CCCCC1(Cc2ccc(Br)cc2)CCCCC1. The first kappa shape index (κ1) is 18.0. The molecule has 0 radical (unpaired) electrons. The fraction of sp³-hybridized carbons (Fsp3) is 0.647. The summed E-state index contributed by atoms with van der Waals surface area (Å²) in [6, 6.07) is 8.53. The Bertz CT molecular complexity index is 560. The lowest BCUT2D eigenvalue weighted by atomic mass is 9.67. The normalized spacial score (nSPS) is 18.3. The van der Waals surface area contributed by atoms with Gasteiger partial charge in [-0.2, -0.15) is 8.42 Å². The van der Waals surface area contributed by atoms with Crippen LogP contribution >= 0.6 is 15.9 Å². The highest BCUT2D eigenvalue weighted by Crippen LogP contribution is 2.43. The average molecular weight is 389 g/mol. The summed E-state index contributed by atoms with van der Waals surface area (Å²) in [5, 5.41) is 0. The van der Waals surface area contributed by atoms with Crippen LogP contribution in [0.15, 0.2) is 28.7 Å². The lowest BCUT2D eigenvalue weighted by Crippen LogP contribution is -2.27. The van der Waals surface area contributed by atoms with Crippen LogP contribution in [0, 0.1) is 5.41 Å². The Morgan fingerprint density at radius 3 is 2.27 bits per heavy atom. The fourth-order valence-electron chi connectivity index (χ4n) is 3.64. The minimum atomic E-state index is -3.82. The number of unbranched alkanes of at least 4 members (excludes halogenated alkanes) is 1. The molecule has 5 heteroatoms. The molecule has 0 amide bonds. The number of hydrogen-bond acceptors (Lipinski definition) is 2. The van der Waals surface area contributed by atoms with Gasteiger partial charge in [-0.3, -0.25) is 4.55 Å². The zero-order chi connectivity index (χ0) is 16.1. The topological polar surface area (TPSA) is 54.4 Å². The van der Waals surface area contributed by atoms with Crippen molar-refractivity contribution in [3.63, 3.8) is 0 Å². The Kier molecular flexibility index (Phi) is 6.47. The van der Waals surface area contributed by atoms with Gasteiger partial charge in [0.25, 0.3) is 10.1 Å². The van der Waals surface area contributed by atoms with E-state index in [1.165, 1.54) is 37.7 Å². The summed E-state index contributed by atoms with van der Waals surface area (Å²) in [6.07, 6.45) is 9.88. The maximum atomic E-state index is 10.8. The van der Waals surface area contributed by atoms with E-state index in [1.807, 2.05) is 0 Å². The van der Waals surface area contributed by atoms with Crippen LogP contribution in [0.4, 0.5) is 0 Å². The van der Waals surface area contributed by atoms with E-state index < -0.39 is 10.1 Å². The van der Waals surface area contributed by atoms with Crippen molar-refractivity contribution in [3.8, 4) is 0 Å². The highest BCUT2D eigenvalue weighted by molar-refractivity contribution is 9.10. The largest absolute Gasteiger partial charge is 0.286 e. The first-order valence-electron chi connectivity index (χ1n) is 8.08. The van der Waals surface area contributed by atoms with Crippen LogP contribution in [0.25, 0.3) is 0 Å². The minimum Gasteiger partial charge on any atom is -0.286 e. The third kappa shape index (κ3) is 6.01. The summed E-state index contributed by atoms with van der Waals surface area (Å²) in [5.74, 6) is -0.110. The van der Waals surface area contributed by atoms with Crippen LogP contribution < -0.4 is 0 Å². The third-order valence-corrected chi connectivity index (χ3v) is 6.10. The molecule has 0 unspecified atom stereocenters. The Labute approximate surface area is 142 Å².